The molecule has 1 saturated carbocycles. The Bertz CT molecular complexity index is 294. The third kappa shape index (κ3) is 4.33. The van der Waals surface area contributed by atoms with E-state index in [2.05, 4.69) is 21.9 Å². The average molecular weight is 280 g/mol. The Morgan fingerprint density at radius 3 is 2.74 bits per heavy atom. The summed E-state index contributed by atoms with van der Waals surface area (Å²) >= 11 is 0. The maximum atomic E-state index is 11.9. The van der Waals surface area contributed by atoms with Crippen molar-refractivity contribution in [3.8, 4) is 0 Å². The van der Waals surface area contributed by atoms with E-state index in [0.717, 1.165) is 32.1 Å². The lowest BCUT2D eigenvalue weighted by Gasteiger charge is -2.46. The molecule has 0 bridgehead atoms. The van der Waals surface area contributed by atoms with Crippen LogP contribution in [-0.2, 0) is 4.74 Å². The van der Waals surface area contributed by atoms with Crippen molar-refractivity contribution in [1.82, 2.24) is 10.2 Å². The van der Waals surface area contributed by atoms with Crippen molar-refractivity contribution >= 4 is 0 Å². The van der Waals surface area contributed by atoms with Gasteiger partial charge >= 0.3 is 6.18 Å². The quantitative estimate of drug-likeness (QED) is 0.754. The van der Waals surface area contributed by atoms with Crippen LogP contribution in [0.5, 0.6) is 0 Å². The third-order valence-electron chi connectivity index (χ3n) is 4.20. The van der Waals surface area contributed by atoms with Gasteiger partial charge in [0.15, 0.2) is 0 Å². The van der Waals surface area contributed by atoms with Gasteiger partial charge in [0.2, 0.25) is 0 Å². The third-order valence-corrected chi connectivity index (χ3v) is 4.20. The topological polar surface area (TPSA) is 24.5 Å². The van der Waals surface area contributed by atoms with Gasteiger partial charge in [-0.3, -0.25) is 4.90 Å². The summed E-state index contributed by atoms with van der Waals surface area (Å²) in [4.78, 5) is 2.43. The van der Waals surface area contributed by atoms with Gasteiger partial charge in [0.25, 0.3) is 0 Å². The molecule has 1 heterocycles. The van der Waals surface area contributed by atoms with Gasteiger partial charge in [0, 0.05) is 38.3 Å². The van der Waals surface area contributed by atoms with Crippen molar-refractivity contribution in [2.45, 2.75) is 37.9 Å². The number of hydrogen-bond acceptors (Lipinski definition) is 3. The number of piperazine rings is 1. The molecule has 1 saturated heterocycles. The first-order valence-electron chi connectivity index (χ1n) is 7.02. The van der Waals surface area contributed by atoms with Gasteiger partial charge in [-0.25, -0.2) is 0 Å². The normalized spacial score (nSPS) is 29.7. The fourth-order valence-corrected chi connectivity index (χ4v) is 2.94. The molecule has 1 aliphatic heterocycles. The smallest absolute Gasteiger partial charge is 0.372 e. The van der Waals surface area contributed by atoms with Crippen LogP contribution in [0.1, 0.15) is 26.2 Å². The molecular weight excluding hydrogens is 257 g/mol. The van der Waals surface area contributed by atoms with E-state index in [1.165, 1.54) is 12.8 Å². The summed E-state index contributed by atoms with van der Waals surface area (Å²) in [5.74, 6) is 0.747. The van der Waals surface area contributed by atoms with Crippen LogP contribution >= 0.6 is 0 Å². The highest BCUT2D eigenvalue weighted by Crippen LogP contribution is 2.43. The van der Waals surface area contributed by atoms with Gasteiger partial charge < -0.3 is 10.1 Å². The summed E-state index contributed by atoms with van der Waals surface area (Å²) in [6.07, 6.45) is -0.992. The number of nitrogens with one attached hydrogen (secondary N) is 1. The van der Waals surface area contributed by atoms with E-state index in [1.54, 1.807) is 0 Å². The van der Waals surface area contributed by atoms with Crippen molar-refractivity contribution in [1.29, 1.82) is 0 Å². The first-order chi connectivity index (χ1) is 8.92. The molecule has 0 amide bonds. The number of hydrogen-bond donors (Lipinski definition) is 1. The summed E-state index contributed by atoms with van der Waals surface area (Å²) < 4.78 is 40.5. The molecule has 1 atom stereocenters. The van der Waals surface area contributed by atoms with Gasteiger partial charge in [0.05, 0.1) is 0 Å². The van der Waals surface area contributed by atoms with Gasteiger partial charge in [0.1, 0.15) is 6.61 Å². The van der Waals surface area contributed by atoms with Crippen LogP contribution in [-0.4, -0.2) is 56.0 Å². The zero-order valence-corrected chi connectivity index (χ0v) is 11.4. The standard InChI is InChI=1S/C13H23F3N2O/c1-12(11-3-4-11)9-17-5-7-18(12)6-2-8-19-10-13(14,15)16/h11,17H,2-10H2,1H3. The Morgan fingerprint density at radius 1 is 1.37 bits per heavy atom. The molecule has 19 heavy (non-hydrogen) atoms. The van der Waals surface area contributed by atoms with E-state index in [-0.39, 0.29) is 12.1 Å². The molecule has 1 aliphatic carbocycles. The molecule has 112 valence electrons. The Balaban J connectivity index is 1.69. The molecule has 2 aliphatic rings. The Hall–Kier alpha value is -0.330. The minimum Gasteiger partial charge on any atom is -0.372 e. The summed E-state index contributed by atoms with van der Waals surface area (Å²) in [7, 11) is 0. The van der Waals surface area contributed by atoms with Crippen LogP contribution in [0.15, 0.2) is 0 Å². The van der Waals surface area contributed by atoms with Crippen molar-refractivity contribution < 1.29 is 17.9 Å². The summed E-state index contributed by atoms with van der Waals surface area (Å²) in [6, 6.07) is 0. The molecule has 1 unspecified atom stereocenters. The van der Waals surface area contributed by atoms with Crippen LogP contribution < -0.4 is 5.32 Å². The minimum absolute atomic E-state index is 0.183. The van der Waals surface area contributed by atoms with E-state index in [9.17, 15) is 13.2 Å². The Morgan fingerprint density at radius 2 is 2.11 bits per heavy atom. The fraction of sp³-hybridized carbons (Fsp3) is 1.00. The minimum atomic E-state index is -4.21. The maximum Gasteiger partial charge on any atom is 0.411 e. The van der Waals surface area contributed by atoms with E-state index in [1.807, 2.05) is 0 Å². The second-order valence-corrected chi connectivity index (χ2v) is 5.82. The summed E-state index contributed by atoms with van der Waals surface area (Å²) in [5, 5.41) is 3.43. The van der Waals surface area contributed by atoms with Crippen molar-refractivity contribution in [2.24, 2.45) is 5.92 Å². The van der Waals surface area contributed by atoms with E-state index >= 15 is 0 Å². The molecular formula is C13H23F3N2O. The lowest BCUT2D eigenvalue weighted by molar-refractivity contribution is -0.174. The molecule has 2 rings (SSSR count). The second-order valence-electron chi connectivity index (χ2n) is 5.82. The molecule has 0 aromatic heterocycles. The van der Waals surface area contributed by atoms with Gasteiger partial charge in [-0.05, 0) is 32.1 Å². The lowest BCUT2D eigenvalue weighted by atomic mass is 9.91. The predicted octanol–water partition coefficient (Wildman–Crippen LogP) is 2.03. The van der Waals surface area contributed by atoms with Crippen molar-refractivity contribution in [3.63, 3.8) is 0 Å². The molecule has 0 aromatic carbocycles. The molecule has 6 heteroatoms. The predicted molar refractivity (Wildman–Crippen MR) is 67.1 cm³/mol. The van der Waals surface area contributed by atoms with Crippen LogP contribution in [0.2, 0.25) is 0 Å². The van der Waals surface area contributed by atoms with Gasteiger partial charge in [-0.15, -0.1) is 0 Å². The fourth-order valence-electron chi connectivity index (χ4n) is 2.94. The number of ether oxygens (including phenoxy) is 1. The van der Waals surface area contributed by atoms with Gasteiger partial charge in [-0.2, -0.15) is 13.2 Å². The first-order valence-corrected chi connectivity index (χ1v) is 7.02. The van der Waals surface area contributed by atoms with E-state index in [0.29, 0.717) is 6.42 Å². The number of halogens is 3. The van der Waals surface area contributed by atoms with E-state index in [4.69, 9.17) is 0 Å². The van der Waals surface area contributed by atoms with Crippen LogP contribution in [0.25, 0.3) is 0 Å². The van der Waals surface area contributed by atoms with Gasteiger partial charge in [-0.1, -0.05) is 0 Å². The molecule has 1 N–H and O–H groups in total. The molecule has 0 spiro atoms. The lowest BCUT2D eigenvalue weighted by Crippen LogP contribution is -2.61. The number of alkyl halides is 3. The van der Waals surface area contributed by atoms with Crippen molar-refractivity contribution in [2.75, 3.05) is 39.4 Å². The highest BCUT2D eigenvalue weighted by Gasteiger charge is 2.46. The van der Waals surface area contributed by atoms with E-state index < -0.39 is 12.8 Å². The van der Waals surface area contributed by atoms with Crippen LogP contribution in [0, 0.1) is 5.92 Å². The summed E-state index contributed by atoms with van der Waals surface area (Å²) in [6.45, 7) is 5.08. The Labute approximate surface area is 112 Å². The average Bonchev–Trinajstić information content (AvgIpc) is 3.13. The van der Waals surface area contributed by atoms with Crippen LogP contribution in [0.4, 0.5) is 13.2 Å². The van der Waals surface area contributed by atoms with Crippen molar-refractivity contribution in [3.05, 3.63) is 0 Å². The monoisotopic (exact) mass is 280 g/mol. The first kappa shape index (κ1) is 15.1. The molecule has 0 radical (unpaired) electrons. The molecule has 0 aromatic rings. The zero-order valence-electron chi connectivity index (χ0n) is 11.4. The largest absolute Gasteiger partial charge is 0.411 e. The SMILES string of the molecule is CC1(C2CC2)CNCCN1CCCOCC(F)(F)F. The number of rotatable bonds is 6. The molecule has 2 fully saturated rings. The van der Waals surface area contributed by atoms with Crippen LogP contribution in [0.3, 0.4) is 0 Å². The zero-order chi connectivity index (χ0) is 13.9. The maximum absolute atomic E-state index is 11.9. The second kappa shape index (κ2) is 5.97. The highest BCUT2D eigenvalue weighted by atomic mass is 19.4. The number of nitrogens with zero attached hydrogens (tertiary/aromatic N) is 1. The molecule has 3 nitrogen and oxygen atoms in total. The summed E-state index contributed by atoms with van der Waals surface area (Å²) in [5.41, 5.74) is 0.183. The highest BCUT2D eigenvalue weighted by molar-refractivity contribution is 5.02. The Kier molecular flexibility index (Phi) is 4.74.